The Kier molecular flexibility index (Phi) is 9.60. The van der Waals surface area contributed by atoms with E-state index in [2.05, 4.69) is 4.90 Å². The van der Waals surface area contributed by atoms with E-state index in [1.807, 2.05) is 49.9 Å². The van der Waals surface area contributed by atoms with Crippen LogP contribution in [0, 0.1) is 0 Å². The summed E-state index contributed by atoms with van der Waals surface area (Å²) in [4.78, 5) is 17.0. The highest BCUT2D eigenvalue weighted by molar-refractivity contribution is 6.30. The first kappa shape index (κ1) is 23.0. The summed E-state index contributed by atoms with van der Waals surface area (Å²) in [7, 11) is 0. The number of hydrogen-bond acceptors (Lipinski definition) is 3. The first-order valence-electron chi connectivity index (χ1n) is 10.8. The van der Waals surface area contributed by atoms with Crippen molar-refractivity contribution in [1.82, 2.24) is 9.80 Å². The largest absolute Gasteiger partial charge is 0.444 e. The van der Waals surface area contributed by atoms with Crippen molar-refractivity contribution in [2.45, 2.75) is 77.9 Å². The van der Waals surface area contributed by atoms with Crippen LogP contribution in [-0.2, 0) is 11.3 Å². The van der Waals surface area contributed by atoms with Gasteiger partial charge in [0.2, 0.25) is 0 Å². The van der Waals surface area contributed by atoms with Crippen LogP contribution in [0.25, 0.3) is 0 Å². The van der Waals surface area contributed by atoms with Gasteiger partial charge >= 0.3 is 6.09 Å². The van der Waals surface area contributed by atoms with Gasteiger partial charge in [0.15, 0.2) is 0 Å². The lowest BCUT2D eigenvalue weighted by Crippen LogP contribution is -2.37. The number of unbranched alkanes of at least 4 members (excludes halogenated alkanes) is 4. The summed E-state index contributed by atoms with van der Waals surface area (Å²) in [5.41, 5.74) is 0.589. The summed E-state index contributed by atoms with van der Waals surface area (Å²) in [6.45, 7) is 10.8. The van der Waals surface area contributed by atoms with E-state index in [0.29, 0.717) is 11.6 Å². The molecule has 2 rings (SSSR count). The zero-order valence-corrected chi connectivity index (χ0v) is 18.6. The topological polar surface area (TPSA) is 32.8 Å². The molecule has 0 spiro atoms. The van der Waals surface area contributed by atoms with Gasteiger partial charge in [0, 0.05) is 18.1 Å². The van der Waals surface area contributed by atoms with Gasteiger partial charge in [-0.25, -0.2) is 4.79 Å². The summed E-state index contributed by atoms with van der Waals surface area (Å²) < 4.78 is 5.60. The van der Waals surface area contributed by atoms with E-state index < -0.39 is 5.60 Å². The van der Waals surface area contributed by atoms with Crippen LogP contribution in [0.5, 0.6) is 0 Å². The number of likely N-dealkylation sites (tertiary alicyclic amines) is 1. The number of nitrogens with zero attached hydrogens (tertiary/aromatic N) is 2. The number of rotatable bonds is 10. The molecule has 0 radical (unpaired) electrons. The van der Waals surface area contributed by atoms with Crippen molar-refractivity contribution in [3.05, 3.63) is 34.9 Å². The van der Waals surface area contributed by atoms with Crippen LogP contribution < -0.4 is 0 Å². The van der Waals surface area contributed by atoms with E-state index in [4.69, 9.17) is 16.3 Å². The maximum absolute atomic E-state index is 12.6. The molecule has 0 aliphatic carbocycles. The number of carbonyl (C=O) groups excluding carboxylic acids is 1. The molecule has 5 heteroatoms. The van der Waals surface area contributed by atoms with Gasteiger partial charge in [-0.15, -0.1) is 0 Å². The van der Waals surface area contributed by atoms with Crippen LogP contribution in [0.3, 0.4) is 0 Å². The lowest BCUT2D eigenvalue weighted by molar-refractivity contribution is 0.0230. The van der Waals surface area contributed by atoms with Crippen molar-refractivity contribution in [3.63, 3.8) is 0 Å². The zero-order valence-electron chi connectivity index (χ0n) is 17.9. The molecular formula is C23H37ClN2O2. The smallest absolute Gasteiger partial charge is 0.410 e. The molecular weight excluding hydrogens is 372 g/mol. The molecule has 0 atom stereocenters. The molecule has 1 aliphatic heterocycles. The average Bonchev–Trinajstić information content (AvgIpc) is 3.13. The summed E-state index contributed by atoms with van der Waals surface area (Å²) in [5, 5.41) is 0.710. The molecule has 158 valence electrons. The molecule has 1 fully saturated rings. The number of amides is 1. The standard InChI is InChI=1S/C23H37ClN2O2/c1-23(2,3)28-22(27)26(19-20-11-13-21(24)14-12-20)18-8-6-4-5-7-15-25-16-9-10-17-25/h11-14H,4-10,15-19H2,1-3H3. The summed E-state index contributed by atoms with van der Waals surface area (Å²) >= 11 is 5.98. The van der Waals surface area contributed by atoms with E-state index in [9.17, 15) is 4.79 Å². The lowest BCUT2D eigenvalue weighted by Gasteiger charge is -2.27. The number of benzene rings is 1. The van der Waals surface area contributed by atoms with Crippen molar-refractivity contribution in [2.75, 3.05) is 26.2 Å². The highest BCUT2D eigenvalue weighted by Crippen LogP contribution is 2.16. The van der Waals surface area contributed by atoms with Gasteiger partial charge < -0.3 is 14.5 Å². The average molecular weight is 409 g/mol. The Morgan fingerprint density at radius 1 is 1.04 bits per heavy atom. The molecule has 1 aromatic carbocycles. The molecule has 0 N–H and O–H groups in total. The van der Waals surface area contributed by atoms with E-state index in [0.717, 1.165) is 24.9 Å². The van der Waals surface area contributed by atoms with Crippen molar-refractivity contribution in [3.8, 4) is 0 Å². The van der Waals surface area contributed by atoms with Crippen molar-refractivity contribution in [1.29, 1.82) is 0 Å². The van der Waals surface area contributed by atoms with Gasteiger partial charge in [-0.05, 0) is 83.8 Å². The number of ether oxygens (including phenoxy) is 1. The fraction of sp³-hybridized carbons (Fsp3) is 0.696. The first-order valence-corrected chi connectivity index (χ1v) is 11.2. The molecule has 0 bridgehead atoms. The van der Waals surface area contributed by atoms with Crippen LogP contribution in [0.1, 0.15) is 71.3 Å². The minimum absolute atomic E-state index is 0.239. The number of hydrogen-bond donors (Lipinski definition) is 0. The first-order chi connectivity index (χ1) is 13.3. The van der Waals surface area contributed by atoms with E-state index in [1.165, 1.54) is 51.7 Å². The Labute approximate surface area is 176 Å². The molecule has 1 aliphatic rings. The molecule has 28 heavy (non-hydrogen) atoms. The minimum atomic E-state index is -0.481. The maximum atomic E-state index is 12.6. The lowest BCUT2D eigenvalue weighted by atomic mass is 10.1. The van der Waals surface area contributed by atoms with Gasteiger partial charge in [-0.2, -0.15) is 0 Å². The predicted octanol–water partition coefficient (Wildman–Crippen LogP) is 6.12. The molecule has 1 aromatic rings. The van der Waals surface area contributed by atoms with E-state index in [1.54, 1.807) is 0 Å². The van der Waals surface area contributed by atoms with Crippen LogP contribution in [0.15, 0.2) is 24.3 Å². The number of carbonyl (C=O) groups is 1. The molecule has 0 unspecified atom stereocenters. The van der Waals surface area contributed by atoms with Gasteiger partial charge in [0.05, 0.1) is 0 Å². The Morgan fingerprint density at radius 3 is 2.29 bits per heavy atom. The molecule has 0 saturated carbocycles. The normalized spacial score (nSPS) is 15.0. The quantitative estimate of drug-likeness (QED) is 0.437. The Hall–Kier alpha value is -1.26. The van der Waals surface area contributed by atoms with Gasteiger partial charge in [0.1, 0.15) is 5.60 Å². The van der Waals surface area contributed by atoms with Crippen LogP contribution in [0.4, 0.5) is 4.79 Å². The van der Waals surface area contributed by atoms with Gasteiger partial charge in [-0.1, -0.05) is 43.0 Å². The van der Waals surface area contributed by atoms with Gasteiger partial charge in [-0.3, -0.25) is 0 Å². The molecule has 1 amide bonds. The minimum Gasteiger partial charge on any atom is -0.444 e. The molecule has 1 heterocycles. The third-order valence-corrected chi connectivity index (χ3v) is 5.29. The van der Waals surface area contributed by atoms with Crippen molar-refractivity contribution in [2.24, 2.45) is 0 Å². The fourth-order valence-electron chi connectivity index (χ4n) is 3.55. The maximum Gasteiger partial charge on any atom is 0.410 e. The molecule has 4 nitrogen and oxygen atoms in total. The second kappa shape index (κ2) is 11.7. The summed E-state index contributed by atoms with van der Waals surface area (Å²) in [6, 6.07) is 7.67. The Balaban J connectivity index is 1.73. The second-order valence-corrected chi connectivity index (χ2v) is 9.28. The van der Waals surface area contributed by atoms with Crippen molar-refractivity contribution >= 4 is 17.7 Å². The summed E-state index contributed by atoms with van der Waals surface area (Å²) in [6.07, 6.45) is 8.47. The van der Waals surface area contributed by atoms with Crippen molar-refractivity contribution < 1.29 is 9.53 Å². The Bertz CT molecular complexity index is 577. The summed E-state index contributed by atoms with van der Waals surface area (Å²) in [5.74, 6) is 0. The fourth-order valence-corrected chi connectivity index (χ4v) is 3.67. The highest BCUT2D eigenvalue weighted by atomic mass is 35.5. The second-order valence-electron chi connectivity index (χ2n) is 8.84. The zero-order chi connectivity index (χ0) is 20.4. The van der Waals surface area contributed by atoms with Gasteiger partial charge in [0.25, 0.3) is 0 Å². The monoisotopic (exact) mass is 408 g/mol. The predicted molar refractivity (Wildman–Crippen MR) is 117 cm³/mol. The Morgan fingerprint density at radius 2 is 1.64 bits per heavy atom. The highest BCUT2D eigenvalue weighted by Gasteiger charge is 2.22. The van der Waals surface area contributed by atoms with Crippen LogP contribution >= 0.6 is 11.6 Å². The van der Waals surface area contributed by atoms with Crippen LogP contribution in [0.2, 0.25) is 5.02 Å². The third-order valence-electron chi connectivity index (χ3n) is 5.04. The molecule has 0 aromatic heterocycles. The van der Waals surface area contributed by atoms with E-state index in [-0.39, 0.29) is 6.09 Å². The number of halogens is 1. The third kappa shape index (κ3) is 9.29. The SMILES string of the molecule is CC(C)(C)OC(=O)N(CCCCCCCN1CCCC1)Cc1ccc(Cl)cc1. The van der Waals surface area contributed by atoms with E-state index >= 15 is 0 Å². The molecule has 1 saturated heterocycles. The van der Waals surface area contributed by atoms with Crippen LogP contribution in [-0.4, -0.2) is 47.7 Å².